The van der Waals surface area contributed by atoms with Gasteiger partial charge in [0.05, 0.1) is 34.4 Å². The van der Waals surface area contributed by atoms with Crippen LogP contribution in [-0.4, -0.2) is 80.6 Å². The van der Waals surface area contributed by atoms with Gasteiger partial charge in [-0.2, -0.15) is 0 Å². The summed E-state index contributed by atoms with van der Waals surface area (Å²) in [6, 6.07) is -0.611. The molecule has 2 unspecified atom stereocenters. The number of esters is 2. The van der Waals surface area contributed by atoms with Gasteiger partial charge in [-0.3, -0.25) is 9.59 Å². The molecule has 8 heteroatoms. The summed E-state index contributed by atoms with van der Waals surface area (Å²) in [5.74, 6) is -1.49. The number of aliphatic carboxylic acids is 1. The maximum absolute atomic E-state index is 12.5. The van der Waals surface area contributed by atoms with Crippen molar-refractivity contribution in [3.05, 3.63) is 24.3 Å². The molecular weight excluding hydrogens is 558 g/mol. The van der Waals surface area contributed by atoms with Gasteiger partial charge in [0.1, 0.15) is 6.61 Å². The number of likely N-dealkylation sites (N-methyl/N-ethyl adjacent to an activating group) is 1. The number of quaternary nitrogens is 1. The fourth-order valence-electron chi connectivity index (χ4n) is 4.89. The van der Waals surface area contributed by atoms with Crippen molar-refractivity contribution in [2.24, 2.45) is 0 Å². The Kier molecular flexibility index (Phi) is 26.9. The second-order valence-corrected chi connectivity index (χ2v) is 12.7. The summed E-state index contributed by atoms with van der Waals surface area (Å²) in [6.45, 7) is 4.56. The number of rotatable bonds is 30. The molecule has 256 valence electrons. The molecule has 0 aliphatic carbocycles. The lowest BCUT2D eigenvalue weighted by Crippen LogP contribution is -2.50. The number of carboxylic acids is 1. The third-order valence-electron chi connectivity index (χ3n) is 7.62. The van der Waals surface area contributed by atoms with E-state index in [1.54, 1.807) is 0 Å². The molecule has 0 aliphatic rings. The van der Waals surface area contributed by atoms with Crippen LogP contribution in [0.15, 0.2) is 24.3 Å². The predicted molar refractivity (Wildman–Crippen MR) is 178 cm³/mol. The monoisotopic (exact) mass is 624 g/mol. The normalized spacial score (nSPS) is 13.4. The number of carboxylic acid groups (broad SMARTS) is 1. The molecule has 44 heavy (non-hydrogen) atoms. The summed E-state index contributed by atoms with van der Waals surface area (Å²) in [4.78, 5) is 36.5. The Morgan fingerprint density at radius 2 is 1.27 bits per heavy atom. The number of ether oxygens (including phenoxy) is 3. The summed E-state index contributed by atoms with van der Waals surface area (Å²) in [6.07, 6.45) is 26.6. The van der Waals surface area contributed by atoms with Crippen molar-refractivity contribution in [3.8, 4) is 0 Å². The molecule has 8 nitrogen and oxygen atoms in total. The highest BCUT2D eigenvalue weighted by molar-refractivity contribution is 5.72. The number of carbonyl (C=O) groups excluding carboxylic acids is 2. The first-order valence-electron chi connectivity index (χ1n) is 17.4. The topological polar surface area (TPSA) is 99.1 Å². The number of carbonyl (C=O) groups is 3. The summed E-state index contributed by atoms with van der Waals surface area (Å²) >= 11 is 0. The van der Waals surface area contributed by atoms with Crippen LogP contribution in [0.2, 0.25) is 0 Å². The van der Waals surface area contributed by atoms with E-state index in [1.165, 1.54) is 32.1 Å². The number of unbranched alkanes of at least 4 members (excludes halogenated alkanes) is 12. The lowest BCUT2D eigenvalue weighted by molar-refractivity contribution is -0.887. The zero-order chi connectivity index (χ0) is 32.9. The highest BCUT2D eigenvalue weighted by Gasteiger charge is 2.31. The minimum absolute atomic E-state index is 0.0561. The molecule has 0 spiro atoms. The second kappa shape index (κ2) is 28.3. The van der Waals surface area contributed by atoms with Crippen molar-refractivity contribution in [2.75, 3.05) is 41.0 Å². The average molecular weight is 625 g/mol. The molecule has 1 N–H and O–H groups in total. The number of allylic oxidation sites excluding steroid dienone is 4. The predicted octanol–water partition coefficient (Wildman–Crippen LogP) is 8.18. The van der Waals surface area contributed by atoms with Crippen LogP contribution in [0.1, 0.15) is 136 Å². The molecule has 0 radical (unpaired) electrons. The maximum Gasteiger partial charge on any atom is 0.362 e. The number of nitrogens with zero attached hydrogens (tertiary/aromatic N) is 1. The molecule has 2 atom stereocenters. The van der Waals surface area contributed by atoms with E-state index in [2.05, 4.69) is 38.2 Å². The van der Waals surface area contributed by atoms with Crippen LogP contribution in [0.5, 0.6) is 0 Å². The molecule has 0 rings (SSSR count). The molecule has 0 aliphatic heterocycles. The Bertz CT molecular complexity index is 788. The molecule has 0 bridgehead atoms. The number of hydrogen-bond donors (Lipinski definition) is 1. The molecule has 0 heterocycles. The average Bonchev–Trinajstić information content (AvgIpc) is 2.96. The first kappa shape index (κ1) is 41.8. The lowest BCUT2D eigenvalue weighted by atomic mass is 10.1. The van der Waals surface area contributed by atoms with E-state index in [0.717, 1.165) is 70.6 Å². The first-order chi connectivity index (χ1) is 21.1. The zero-order valence-electron chi connectivity index (χ0n) is 28.9. The quantitative estimate of drug-likeness (QED) is 0.0372. The van der Waals surface area contributed by atoms with E-state index in [-0.39, 0.29) is 36.2 Å². The molecule has 0 aromatic heterocycles. The first-order valence-corrected chi connectivity index (χ1v) is 17.4. The third kappa shape index (κ3) is 26.2. The van der Waals surface area contributed by atoms with Crippen LogP contribution in [0.25, 0.3) is 0 Å². The molecular formula is C36H66NO7+. The minimum atomic E-state index is -0.879. The van der Waals surface area contributed by atoms with Gasteiger partial charge in [-0.25, -0.2) is 4.79 Å². The molecule has 0 fully saturated rings. The highest BCUT2D eigenvalue weighted by atomic mass is 16.6. The van der Waals surface area contributed by atoms with Gasteiger partial charge in [0.2, 0.25) is 0 Å². The van der Waals surface area contributed by atoms with Gasteiger partial charge >= 0.3 is 17.9 Å². The largest absolute Gasteiger partial charge is 0.477 e. The van der Waals surface area contributed by atoms with Gasteiger partial charge in [0.25, 0.3) is 0 Å². The van der Waals surface area contributed by atoms with E-state index < -0.39 is 18.1 Å². The standard InChI is InChI=1S/C36H65NO7/c1-6-8-10-12-14-16-17-18-19-21-22-24-26-34(38)43-31-32(30-42-29-28-33(36(40)41)37(3,4)5)44-35(39)27-25-23-20-15-13-11-9-7-2/h8,10,14,16,32-33H,6-7,9,11-13,15,17-31H2,1-5H3/p+1/b10-8+,16-14+. The van der Waals surface area contributed by atoms with Gasteiger partial charge in [0, 0.05) is 19.3 Å². The maximum atomic E-state index is 12.5. The van der Waals surface area contributed by atoms with Crippen molar-refractivity contribution in [2.45, 2.75) is 148 Å². The Balaban J connectivity index is 4.46. The SMILES string of the molecule is CC/C=C/C/C=C/CCCCCCCC(=O)OCC(COCCC(C(=O)O)[N+](C)(C)C)OC(=O)CCCCCCCCCC. The molecule has 0 saturated carbocycles. The Morgan fingerprint density at radius 3 is 1.86 bits per heavy atom. The smallest absolute Gasteiger partial charge is 0.362 e. The third-order valence-corrected chi connectivity index (χ3v) is 7.62. The Morgan fingerprint density at radius 1 is 0.705 bits per heavy atom. The van der Waals surface area contributed by atoms with Crippen LogP contribution in [-0.2, 0) is 28.6 Å². The fraction of sp³-hybridized carbons (Fsp3) is 0.806. The fourth-order valence-corrected chi connectivity index (χ4v) is 4.89. The van der Waals surface area contributed by atoms with Crippen molar-refractivity contribution in [1.82, 2.24) is 0 Å². The lowest BCUT2D eigenvalue weighted by Gasteiger charge is -2.31. The zero-order valence-corrected chi connectivity index (χ0v) is 28.9. The van der Waals surface area contributed by atoms with Crippen molar-refractivity contribution in [1.29, 1.82) is 0 Å². The number of hydrogen-bond acceptors (Lipinski definition) is 6. The van der Waals surface area contributed by atoms with Crippen LogP contribution in [0, 0.1) is 0 Å². The van der Waals surface area contributed by atoms with E-state index in [9.17, 15) is 19.5 Å². The minimum Gasteiger partial charge on any atom is -0.477 e. The molecule has 0 amide bonds. The highest BCUT2D eigenvalue weighted by Crippen LogP contribution is 2.13. The van der Waals surface area contributed by atoms with Crippen molar-refractivity contribution in [3.63, 3.8) is 0 Å². The van der Waals surface area contributed by atoms with E-state index >= 15 is 0 Å². The van der Waals surface area contributed by atoms with Crippen molar-refractivity contribution >= 4 is 17.9 Å². The Hall–Kier alpha value is -2.19. The van der Waals surface area contributed by atoms with Gasteiger partial charge in [-0.1, -0.05) is 102 Å². The second-order valence-electron chi connectivity index (χ2n) is 12.7. The van der Waals surface area contributed by atoms with Gasteiger partial charge in [-0.15, -0.1) is 0 Å². The summed E-state index contributed by atoms with van der Waals surface area (Å²) in [5, 5.41) is 9.54. The van der Waals surface area contributed by atoms with Gasteiger partial charge in [0.15, 0.2) is 12.1 Å². The van der Waals surface area contributed by atoms with E-state index in [1.807, 2.05) is 21.1 Å². The Labute approximate surface area is 269 Å². The summed E-state index contributed by atoms with van der Waals surface area (Å²) in [7, 11) is 5.50. The molecule has 0 aromatic rings. The van der Waals surface area contributed by atoms with Crippen LogP contribution >= 0.6 is 0 Å². The molecule has 0 aromatic carbocycles. The van der Waals surface area contributed by atoms with Gasteiger partial charge in [-0.05, 0) is 38.5 Å². The van der Waals surface area contributed by atoms with Gasteiger partial charge < -0.3 is 23.8 Å². The van der Waals surface area contributed by atoms with E-state index in [0.29, 0.717) is 19.3 Å². The van der Waals surface area contributed by atoms with Crippen molar-refractivity contribution < 1.29 is 38.2 Å². The summed E-state index contributed by atoms with van der Waals surface area (Å²) < 4.78 is 17.1. The van der Waals surface area contributed by atoms with Crippen LogP contribution < -0.4 is 0 Å². The van der Waals surface area contributed by atoms with Crippen LogP contribution in [0.3, 0.4) is 0 Å². The molecule has 0 saturated heterocycles. The van der Waals surface area contributed by atoms with E-state index in [4.69, 9.17) is 14.2 Å². The summed E-state index contributed by atoms with van der Waals surface area (Å²) in [5.41, 5.74) is 0. The van der Waals surface area contributed by atoms with Crippen LogP contribution in [0.4, 0.5) is 0 Å².